The lowest BCUT2D eigenvalue weighted by molar-refractivity contribution is 0.102. The van der Waals surface area contributed by atoms with Gasteiger partial charge in [-0.3, -0.25) is 9.78 Å². The largest absolute Gasteiger partial charge is 0.491 e. The zero-order valence-corrected chi connectivity index (χ0v) is 11.7. The summed E-state index contributed by atoms with van der Waals surface area (Å²) in [7, 11) is 0. The van der Waals surface area contributed by atoms with Crippen molar-refractivity contribution in [1.29, 1.82) is 0 Å². The van der Waals surface area contributed by atoms with Gasteiger partial charge in [0, 0.05) is 18.0 Å². The predicted molar refractivity (Wildman–Crippen MR) is 74.2 cm³/mol. The van der Waals surface area contributed by atoms with E-state index in [1.807, 2.05) is 20.8 Å². The number of hydrogen-bond donors (Lipinski definition) is 2. The molecule has 106 valence electrons. The number of carbonyl (C=O) groups excluding carboxylic acids is 1. The molecule has 0 unspecified atom stereocenters. The molecule has 0 bridgehead atoms. The minimum absolute atomic E-state index is 0.0126. The zero-order valence-electron chi connectivity index (χ0n) is 11.7. The van der Waals surface area contributed by atoms with E-state index in [0.717, 1.165) is 0 Å². The summed E-state index contributed by atoms with van der Waals surface area (Å²) < 4.78 is 5.53. The van der Waals surface area contributed by atoms with Crippen LogP contribution in [0.15, 0.2) is 23.1 Å². The first kappa shape index (κ1) is 14.0. The van der Waals surface area contributed by atoms with Crippen LogP contribution in [-0.4, -0.2) is 26.8 Å². The Morgan fingerprint density at radius 1 is 1.40 bits per heavy atom. The molecule has 0 spiro atoms. The topological polar surface area (TPSA) is 87.8 Å². The van der Waals surface area contributed by atoms with Crippen LogP contribution in [0.25, 0.3) is 0 Å². The van der Waals surface area contributed by atoms with E-state index in [1.165, 1.54) is 6.20 Å². The molecule has 2 rings (SSSR count). The van der Waals surface area contributed by atoms with E-state index in [2.05, 4.69) is 15.0 Å². The van der Waals surface area contributed by atoms with Crippen molar-refractivity contribution >= 4 is 5.78 Å². The molecule has 0 aromatic carbocycles. The van der Waals surface area contributed by atoms with Crippen molar-refractivity contribution in [1.82, 2.24) is 15.0 Å². The van der Waals surface area contributed by atoms with Crippen LogP contribution in [0.1, 0.15) is 42.6 Å². The van der Waals surface area contributed by atoms with E-state index in [9.17, 15) is 9.59 Å². The van der Waals surface area contributed by atoms with Crippen LogP contribution in [0.5, 0.6) is 5.75 Å². The number of nitrogens with one attached hydrogen (secondary N) is 2. The third-order valence-electron chi connectivity index (χ3n) is 2.72. The van der Waals surface area contributed by atoms with Gasteiger partial charge in [0.05, 0.1) is 6.10 Å². The summed E-state index contributed by atoms with van der Waals surface area (Å²) in [6, 6.07) is 3.27. The molecule has 2 N–H and O–H groups in total. The Labute approximate surface area is 116 Å². The third-order valence-corrected chi connectivity index (χ3v) is 2.72. The highest BCUT2D eigenvalue weighted by Gasteiger charge is 2.18. The lowest BCUT2D eigenvalue weighted by atomic mass is 10.1. The number of carbonyl (C=O) groups is 1. The lowest BCUT2D eigenvalue weighted by Gasteiger charge is -2.09. The Morgan fingerprint density at radius 3 is 2.80 bits per heavy atom. The van der Waals surface area contributed by atoms with Crippen molar-refractivity contribution in [3.63, 3.8) is 0 Å². The molecule has 0 fully saturated rings. The molecule has 0 aliphatic carbocycles. The molecule has 0 aliphatic rings. The van der Waals surface area contributed by atoms with E-state index >= 15 is 0 Å². The minimum atomic E-state index is -0.389. The number of H-pyrrole nitrogens is 2. The maximum Gasteiger partial charge on any atom is 0.323 e. The van der Waals surface area contributed by atoms with E-state index in [1.54, 1.807) is 12.1 Å². The van der Waals surface area contributed by atoms with Crippen molar-refractivity contribution in [2.45, 2.75) is 33.3 Å². The van der Waals surface area contributed by atoms with Crippen LogP contribution < -0.4 is 10.4 Å². The fourth-order valence-corrected chi connectivity index (χ4v) is 1.89. The summed E-state index contributed by atoms with van der Waals surface area (Å²) >= 11 is 0. The number of aromatic nitrogens is 3. The first-order chi connectivity index (χ1) is 9.51. The number of pyridine rings is 1. The second-order valence-corrected chi connectivity index (χ2v) is 4.66. The fraction of sp³-hybridized carbons (Fsp3) is 0.357. The van der Waals surface area contributed by atoms with Gasteiger partial charge in [-0.15, -0.1) is 0 Å². The maximum atomic E-state index is 12.4. The monoisotopic (exact) mass is 275 g/mol. The van der Waals surface area contributed by atoms with E-state index in [4.69, 9.17) is 4.74 Å². The Kier molecular flexibility index (Phi) is 4.02. The predicted octanol–water partition coefficient (Wildman–Crippen LogP) is 1.68. The van der Waals surface area contributed by atoms with Crippen LogP contribution in [0, 0.1) is 0 Å². The van der Waals surface area contributed by atoms with Gasteiger partial charge in [-0.05, 0) is 26.3 Å². The molecule has 20 heavy (non-hydrogen) atoms. The van der Waals surface area contributed by atoms with E-state index < -0.39 is 0 Å². The van der Waals surface area contributed by atoms with Gasteiger partial charge in [-0.1, -0.05) is 6.92 Å². The normalized spacial score (nSPS) is 10.8. The highest BCUT2D eigenvalue weighted by atomic mass is 16.5. The van der Waals surface area contributed by atoms with Crippen molar-refractivity contribution < 1.29 is 9.53 Å². The molecule has 2 aromatic heterocycles. The second-order valence-electron chi connectivity index (χ2n) is 4.66. The maximum absolute atomic E-state index is 12.4. The summed E-state index contributed by atoms with van der Waals surface area (Å²) in [5, 5.41) is 0. The van der Waals surface area contributed by atoms with Crippen molar-refractivity contribution in [2.75, 3.05) is 0 Å². The quantitative estimate of drug-likeness (QED) is 0.813. The third kappa shape index (κ3) is 2.96. The second kappa shape index (κ2) is 5.73. The summed E-state index contributed by atoms with van der Waals surface area (Å²) in [5.74, 6) is 0.253. The van der Waals surface area contributed by atoms with E-state index in [0.29, 0.717) is 17.9 Å². The number of rotatable bonds is 5. The molecule has 6 nitrogen and oxygen atoms in total. The number of imidazole rings is 1. The number of ketones is 1. The minimum Gasteiger partial charge on any atom is -0.491 e. The van der Waals surface area contributed by atoms with Crippen LogP contribution in [0.2, 0.25) is 0 Å². The standard InChI is InChI=1S/C14H17N3O3/c1-4-10-12(17-14(19)16-10)13(18)11-7-9(5-6-15-11)20-8(2)3/h5-8H,4H2,1-3H3,(H2,16,17,19). The molecular formula is C14H17N3O3. The zero-order chi connectivity index (χ0) is 14.7. The van der Waals surface area contributed by atoms with Crippen molar-refractivity contribution in [2.24, 2.45) is 0 Å². The number of nitrogens with zero attached hydrogens (tertiary/aromatic N) is 1. The molecule has 0 saturated carbocycles. The average molecular weight is 275 g/mol. The SMILES string of the molecule is CCc1[nH]c(=O)[nH]c1C(=O)c1cc(OC(C)C)ccn1. The first-order valence-corrected chi connectivity index (χ1v) is 6.49. The number of aryl methyl sites for hydroxylation is 1. The average Bonchev–Trinajstić information content (AvgIpc) is 2.78. The van der Waals surface area contributed by atoms with Gasteiger partial charge >= 0.3 is 5.69 Å². The number of ether oxygens (including phenoxy) is 1. The highest BCUT2D eigenvalue weighted by molar-refractivity contribution is 6.07. The summed E-state index contributed by atoms with van der Waals surface area (Å²) in [6.07, 6.45) is 2.09. The van der Waals surface area contributed by atoms with Gasteiger partial charge in [0.15, 0.2) is 0 Å². The lowest BCUT2D eigenvalue weighted by Crippen LogP contribution is -2.10. The van der Waals surface area contributed by atoms with Crippen molar-refractivity contribution in [3.8, 4) is 5.75 Å². The van der Waals surface area contributed by atoms with Crippen LogP contribution in [-0.2, 0) is 6.42 Å². The van der Waals surface area contributed by atoms with E-state index in [-0.39, 0.29) is 29.0 Å². The fourth-order valence-electron chi connectivity index (χ4n) is 1.89. The Balaban J connectivity index is 2.35. The summed E-state index contributed by atoms with van der Waals surface area (Å²) in [4.78, 5) is 32.8. The van der Waals surface area contributed by atoms with Gasteiger partial charge in [0.1, 0.15) is 17.1 Å². The molecule has 0 aliphatic heterocycles. The molecule has 0 saturated heterocycles. The number of hydrogen-bond acceptors (Lipinski definition) is 4. The molecular weight excluding hydrogens is 258 g/mol. The molecule has 6 heteroatoms. The van der Waals surface area contributed by atoms with Gasteiger partial charge in [0.2, 0.25) is 5.78 Å². The van der Waals surface area contributed by atoms with Crippen LogP contribution in [0.3, 0.4) is 0 Å². The van der Waals surface area contributed by atoms with Gasteiger partial charge in [-0.25, -0.2) is 4.79 Å². The summed E-state index contributed by atoms with van der Waals surface area (Å²) in [5.41, 5.74) is 0.691. The van der Waals surface area contributed by atoms with Crippen LogP contribution in [0.4, 0.5) is 0 Å². The smallest absolute Gasteiger partial charge is 0.323 e. The Bertz CT molecular complexity index is 670. The Hall–Kier alpha value is -2.37. The van der Waals surface area contributed by atoms with Gasteiger partial charge in [-0.2, -0.15) is 0 Å². The molecule has 2 aromatic rings. The summed E-state index contributed by atoms with van der Waals surface area (Å²) in [6.45, 7) is 5.67. The van der Waals surface area contributed by atoms with Crippen molar-refractivity contribution in [3.05, 3.63) is 45.9 Å². The van der Waals surface area contributed by atoms with Gasteiger partial charge < -0.3 is 14.7 Å². The first-order valence-electron chi connectivity index (χ1n) is 6.49. The molecule has 0 radical (unpaired) electrons. The Morgan fingerprint density at radius 2 is 2.15 bits per heavy atom. The molecule has 0 atom stereocenters. The van der Waals surface area contributed by atoms with Crippen LogP contribution >= 0.6 is 0 Å². The molecule has 0 amide bonds. The van der Waals surface area contributed by atoms with Gasteiger partial charge in [0.25, 0.3) is 0 Å². The highest BCUT2D eigenvalue weighted by Crippen LogP contribution is 2.16. The molecule has 2 heterocycles. The number of aromatic amines is 2.